The molecule has 6 heteroatoms. The Kier molecular flexibility index (Phi) is 4.95. The molecule has 2 heterocycles. The third-order valence-corrected chi connectivity index (χ3v) is 4.12. The van der Waals surface area contributed by atoms with Gasteiger partial charge in [-0.15, -0.1) is 0 Å². The van der Waals surface area contributed by atoms with Crippen LogP contribution in [0.3, 0.4) is 0 Å². The van der Waals surface area contributed by atoms with Crippen molar-refractivity contribution in [3.05, 3.63) is 70.9 Å². The molecule has 130 valence electrons. The first-order valence-electron chi connectivity index (χ1n) is 8.12. The van der Waals surface area contributed by atoms with Gasteiger partial charge in [0.2, 0.25) is 0 Å². The monoisotopic (exact) mass is 357 g/mol. The van der Waals surface area contributed by atoms with Gasteiger partial charge >= 0.3 is 0 Å². The van der Waals surface area contributed by atoms with Crippen LogP contribution in [0.4, 0.5) is 0 Å². The number of hydrogen-bond acceptors (Lipinski definition) is 3. The lowest BCUT2D eigenvalue weighted by Gasteiger charge is -2.25. The minimum Gasteiger partial charge on any atom is -0.464 e. The van der Waals surface area contributed by atoms with E-state index in [1.807, 2.05) is 45.0 Å². The number of nitrogens with zero attached hydrogens (tertiary/aromatic N) is 3. The highest BCUT2D eigenvalue weighted by atomic mass is 35.5. The Bertz CT molecular complexity index is 882. The molecule has 0 aliphatic heterocycles. The number of amides is 1. The van der Waals surface area contributed by atoms with Crippen molar-refractivity contribution in [1.82, 2.24) is 14.7 Å². The van der Waals surface area contributed by atoms with Crippen LogP contribution in [0.5, 0.6) is 0 Å². The molecule has 5 nitrogen and oxygen atoms in total. The Morgan fingerprint density at radius 3 is 2.72 bits per heavy atom. The summed E-state index contributed by atoms with van der Waals surface area (Å²) in [6.45, 7) is 6.25. The zero-order chi connectivity index (χ0) is 18.0. The van der Waals surface area contributed by atoms with Gasteiger partial charge in [-0.25, -0.2) is 4.68 Å². The van der Waals surface area contributed by atoms with Crippen LogP contribution in [0.2, 0.25) is 5.02 Å². The molecule has 0 radical (unpaired) electrons. The van der Waals surface area contributed by atoms with Crippen molar-refractivity contribution in [2.75, 3.05) is 0 Å². The first-order chi connectivity index (χ1) is 11.9. The third kappa shape index (κ3) is 3.94. The average Bonchev–Trinajstić information content (AvgIpc) is 3.21. The van der Waals surface area contributed by atoms with Crippen LogP contribution in [0.15, 0.2) is 53.1 Å². The van der Waals surface area contributed by atoms with Crippen molar-refractivity contribution >= 4 is 17.5 Å². The molecule has 1 aromatic carbocycles. The molecule has 25 heavy (non-hydrogen) atoms. The van der Waals surface area contributed by atoms with Crippen molar-refractivity contribution in [2.24, 2.45) is 0 Å². The largest absolute Gasteiger partial charge is 0.464 e. The van der Waals surface area contributed by atoms with E-state index in [2.05, 4.69) is 5.10 Å². The molecule has 1 amide bonds. The van der Waals surface area contributed by atoms with E-state index in [0.29, 0.717) is 17.3 Å². The normalized spacial score (nSPS) is 11.1. The van der Waals surface area contributed by atoms with E-state index < -0.39 is 0 Å². The topological polar surface area (TPSA) is 51.3 Å². The van der Waals surface area contributed by atoms with E-state index in [0.717, 1.165) is 17.2 Å². The molecule has 0 fully saturated rings. The predicted octanol–water partition coefficient (Wildman–Crippen LogP) is 4.48. The summed E-state index contributed by atoms with van der Waals surface area (Å²) >= 11 is 6.02. The minimum atomic E-state index is -0.134. The molecule has 0 N–H and O–H groups in total. The van der Waals surface area contributed by atoms with Crippen LogP contribution in [0.1, 0.15) is 35.9 Å². The Hall–Kier alpha value is -2.53. The number of hydrogen-bond donors (Lipinski definition) is 0. The Balaban J connectivity index is 1.83. The van der Waals surface area contributed by atoms with Gasteiger partial charge in [0.05, 0.1) is 12.2 Å². The molecule has 0 unspecified atom stereocenters. The summed E-state index contributed by atoms with van der Waals surface area (Å²) in [5.74, 6) is 1.45. The van der Waals surface area contributed by atoms with Crippen molar-refractivity contribution in [2.45, 2.75) is 33.4 Å². The van der Waals surface area contributed by atoms with Gasteiger partial charge in [0.1, 0.15) is 11.5 Å². The van der Waals surface area contributed by atoms with E-state index in [1.165, 1.54) is 0 Å². The Labute approximate surface area is 151 Å². The van der Waals surface area contributed by atoms with Crippen LogP contribution < -0.4 is 0 Å². The summed E-state index contributed by atoms with van der Waals surface area (Å²) in [7, 11) is 0. The van der Waals surface area contributed by atoms with Gasteiger partial charge in [-0.05, 0) is 57.2 Å². The second-order valence-corrected chi connectivity index (χ2v) is 6.60. The quantitative estimate of drug-likeness (QED) is 0.676. The summed E-state index contributed by atoms with van der Waals surface area (Å²) in [5, 5.41) is 5.03. The summed E-state index contributed by atoms with van der Waals surface area (Å²) in [6, 6.07) is 12.9. The van der Waals surface area contributed by atoms with Gasteiger partial charge in [-0.1, -0.05) is 17.7 Å². The number of halogens is 1. The van der Waals surface area contributed by atoms with Crippen molar-refractivity contribution < 1.29 is 9.21 Å². The minimum absolute atomic E-state index is 0.0224. The lowest BCUT2D eigenvalue weighted by Crippen LogP contribution is -2.36. The van der Waals surface area contributed by atoms with E-state index in [9.17, 15) is 4.79 Å². The maximum Gasteiger partial charge on any atom is 0.275 e. The lowest BCUT2D eigenvalue weighted by molar-refractivity contribution is 0.0668. The molecule has 3 aromatic rings. The van der Waals surface area contributed by atoms with E-state index in [1.54, 1.807) is 34.0 Å². The molecule has 0 spiro atoms. The lowest BCUT2D eigenvalue weighted by atomic mass is 10.2. The number of rotatable bonds is 5. The van der Waals surface area contributed by atoms with Crippen molar-refractivity contribution in [3.8, 4) is 5.69 Å². The molecule has 0 bridgehead atoms. The fourth-order valence-corrected chi connectivity index (χ4v) is 2.76. The molecule has 0 saturated heterocycles. The molecular formula is C19H20ClN3O2. The molecule has 2 aromatic heterocycles. The van der Waals surface area contributed by atoms with Crippen LogP contribution in [0.25, 0.3) is 5.69 Å². The van der Waals surface area contributed by atoms with Crippen LogP contribution in [-0.2, 0) is 6.54 Å². The SMILES string of the molecule is Cc1ccc(CN(C(=O)c2ccn(-c3cccc(Cl)c3)n2)C(C)C)o1. The molecule has 3 rings (SSSR count). The maximum absolute atomic E-state index is 12.9. The molecule has 0 saturated carbocycles. The van der Waals surface area contributed by atoms with Crippen LogP contribution in [0, 0.1) is 6.92 Å². The number of carbonyl (C=O) groups is 1. The highest BCUT2D eigenvalue weighted by Crippen LogP contribution is 2.17. The van der Waals surface area contributed by atoms with Gasteiger partial charge in [0.25, 0.3) is 5.91 Å². The Morgan fingerprint density at radius 2 is 2.08 bits per heavy atom. The molecule has 0 atom stereocenters. The number of aryl methyl sites for hydroxylation is 1. The number of furan rings is 1. The summed E-state index contributed by atoms with van der Waals surface area (Å²) < 4.78 is 7.25. The standard InChI is InChI=1S/C19H20ClN3O2/c1-13(2)22(12-17-8-7-14(3)25-17)19(24)18-9-10-23(21-18)16-6-4-5-15(20)11-16/h4-11,13H,12H2,1-3H3. The highest BCUT2D eigenvalue weighted by Gasteiger charge is 2.22. The zero-order valence-corrected chi connectivity index (χ0v) is 15.2. The molecule has 0 aliphatic carbocycles. The fraction of sp³-hybridized carbons (Fsp3) is 0.263. The summed E-state index contributed by atoms with van der Waals surface area (Å²) in [4.78, 5) is 14.6. The van der Waals surface area contributed by atoms with E-state index >= 15 is 0 Å². The van der Waals surface area contributed by atoms with E-state index in [4.69, 9.17) is 16.0 Å². The number of benzene rings is 1. The zero-order valence-electron chi connectivity index (χ0n) is 14.4. The predicted molar refractivity (Wildman–Crippen MR) is 97.0 cm³/mol. The average molecular weight is 358 g/mol. The first kappa shape index (κ1) is 17.3. The molecule has 0 aliphatic rings. The van der Waals surface area contributed by atoms with Crippen molar-refractivity contribution in [1.29, 1.82) is 0 Å². The highest BCUT2D eigenvalue weighted by molar-refractivity contribution is 6.30. The second kappa shape index (κ2) is 7.15. The fourth-order valence-electron chi connectivity index (χ4n) is 2.57. The van der Waals surface area contributed by atoms with Gasteiger partial charge < -0.3 is 9.32 Å². The summed E-state index contributed by atoms with van der Waals surface area (Å²) in [5.41, 5.74) is 1.20. The van der Waals surface area contributed by atoms with Crippen LogP contribution >= 0.6 is 11.6 Å². The van der Waals surface area contributed by atoms with Crippen molar-refractivity contribution in [3.63, 3.8) is 0 Å². The number of carbonyl (C=O) groups excluding carboxylic acids is 1. The van der Waals surface area contributed by atoms with Gasteiger partial charge in [-0.3, -0.25) is 4.79 Å². The third-order valence-electron chi connectivity index (χ3n) is 3.89. The van der Waals surface area contributed by atoms with Gasteiger partial charge in [-0.2, -0.15) is 5.10 Å². The summed E-state index contributed by atoms with van der Waals surface area (Å²) in [6.07, 6.45) is 1.76. The van der Waals surface area contributed by atoms with E-state index in [-0.39, 0.29) is 11.9 Å². The molecular weight excluding hydrogens is 338 g/mol. The first-order valence-corrected chi connectivity index (χ1v) is 8.50. The van der Waals surface area contributed by atoms with Crippen LogP contribution in [-0.4, -0.2) is 26.6 Å². The second-order valence-electron chi connectivity index (χ2n) is 6.16. The Morgan fingerprint density at radius 1 is 1.28 bits per heavy atom. The van der Waals surface area contributed by atoms with Gasteiger partial charge in [0.15, 0.2) is 5.69 Å². The van der Waals surface area contributed by atoms with Gasteiger partial charge in [0, 0.05) is 17.3 Å². The smallest absolute Gasteiger partial charge is 0.275 e. The maximum atomic E-state index is 12.9. The number of aromatic nitrogens is 2.